The average molecular weight is 307 g/mol. The predicted octanol–water partition coefficient (Wildman–Crippen LogP) is 3.65. The van der Waals surface area contributed by atoms with Crippen LogP contribution in [0.25, 0.3) is 0 Å². The maximum Gasteiger partial charge on any atom is 0.0955 e. The molecule has 1 nitrogen and oxygen atoms in total. The average Bonchev–Trinajstić information content (AvgIpc) is 2.75. The van der Waals surface area contributed by atoms with E-state index in [1.807, 2.05) is 24.3 Å². The normalized spacial score (nSPS) is 15.9. The molecule has 0 saturated heterocycles. The number of rotatable bonds is 2. The van der Waals surface area contributed by atoms with Gasteiger partial charge in [-0.1, -0.05) is 0 Å². The van der Waals surface area contributed by atoms with E-state index in [1.165, 1.54) is 42.0 Å². The fraction of sp³-hybridized carbons (Fsp3) is 0.455. The molecule has 0 N–H and O–H groups in total. The van der Waals surface area contributed by atoms with Crippen molar-refractivity contribution in [2.45, 2.75) is 31.8 Å². The van der Waals surface area contributed by atoms with Gasteiger partial charge in [-0.15, -0.1) is 12.1 Å². The van der Waals surface area contributed by atoms with Gasteiger partial charge in [0, 0.05) is 5.75 Å². The van der Waals surface area contributed by atoms with E-state index in [4.69, 9.17) is 4.74 Å². The van der Waals surface area contributed by atoms with Gasteiger partial charge >= 0.3 is 30.0 Å². The largest absolute Gasteiger partial charge is 0.516 e. The van der Waals surface area contributed by atoms with Crippen molar-refractivity contribution in [1.82, 2.24) is 0 Å². The monoisotopic (exact) mass is 304 g/mol. The second-order valence-corrected chi connectivity index (χ2v) is 3.25. The fourth-order valence-electron chi connectivity index (χ4n) is 1.64. The summed E-state index contributed by atoms with van der Waals surface area (Å²) in [6.07, 6.45) is 5.50. The number of ether oxygens (including phenoxy) is 1. The van der Waals surface area contributed by atoms with Crippen LogP contribution in [0.3, 0.4) is 0 Å². The number of para-hydroxylation sites is 1. The third-order valence-electron chi connectivity index (χ3n) is 2.28. The minimum atomic E-state index is 0.448. The topological polar surface area (TPSA) is 9.23 Å². The first-order chi connectivity index (χ1) is 6.95. The molecule has 1 aromatic rings. The standard InChI is InChI=1S/C11H13O.BrH.Zn/c1-2-6-10(7-3-1)12-11-8-4-5-9-11;;/h1-3,6,11H,4-5,8-9H2;1H;/q-1;;+2/p-1. The zero-order valence-electron chi connectivity index (χ0n) is 8.21. The molecular weight excluding hydrogens is 293 g/mol. The van der Waals surface area contributed by atoms with Crippen molar-refractivity contribution < 1.29 is 21.1 Å². The molecule has 2 rings (SSSR count). The van der Waals surface area contributed by atoms with Crippen LogP contribution >= 0.6 is 13.6 Å². The van der Waals surface area contributed by atoms with Crippen LogP contribution in [0, 0.1) is 6.07 Å². The number of hydrogen-bond acceptors (Lipinski definition) is 1. The zero-order chi connectivity index (χ0) is 10.2. The van der Waals surface area contributed by atoms with Crippen LogP contribution in [0.5, 0.6) is 5.75 Å². The van der Waals surface area contributed by atoms with Gasteiger partial charge in [0.25, 0.3) is 0 Å². The Morgan fingerprint density at radius 3 is 2.57 bits per heavy atom. The molecule has 0 bridgehead atoms. The van der Waals surface area contributed by atoms with E-state index >= 15 is 0 Å². The summed E-state index contributed by atoms with van der Waals surface area (Å²) >= 11 is 4.25. The molecule has 0 atom stereocenters. The van der Waals surface area contributed by atoms with E-state index in [0.717, 1.165) is 5.75 Å². The third-order valence-corrected chi connectivity index (χ3v) is 2.28. The Kier molecular flexibility index (Phi) is 6.46. The van der Waals surface area contributed by atoms with Crippen molar-refractivity contribution in [1.29, 1.82) is 0 Å². The Morgan fingerprint density at radius 1 is 1.29 bits per heavy atom. The molecule has 1 saturated carbocycles. The van der Waals surface area contributed by atoms with Crippen molar-refractivity contribution in [2.24, 2.45) is 0 Å². The van der Waals surface area contributed by atoms with Crippen LogP contribution in [-0.4, -0.2) is 6.10 Å². The Balaban J connectivity index is 0.000000461. The molecule has 1 aliphatic carbocycles. The van der Waals surface area contributed by atoms with Gasteiger partial charge in [0.15, 0.2) is 0 Å². The molecule has 0 spiro atoms. The maximum absolute atomic E-state index is 5.72. The molecule has 0 aliphatic heterocycles. The smallest absolute Gasteiger partial charge is 0.0955 e. The second-order valence-electron chi connectivity index (χ2n) is 3.25. The number of hydrogen-bond donors (Lipinski definition) is 0. The molecule has 1 aromatic carbocycles. The Morgan fingerprint density at radius 2 is 2.00 bits per heavy atom. The van der Waals surface area contributed by atoms with Gasteiger partial charge in [-0.05, 0) is 25.7 Å². The molecule has 0 radical (unpaired) electrons. The summed E-state index contributed by atoms with van der Waals surface area (Å²) in [4.78, 5) is 0. The third kappa shape index (κ3) is 4.10. The summed E-state index contributed by atoms with van der Waals surface area (Å²) < 4.78 is 5.72. The molecule has 0 heterocycles. The molecule has 0 aromatic heterocycles. The minimum absolute atomic E-state index is 0.448. The fourth-order valence-corrected chi connectivity index (χ4v) is 1.64. The minimum Gasteiger partial charge on any atom is -0.516 e. The van der Waals surface area contributed by atoms with E-state index in [-0.39, 0.29) is 0 Å². The molecule has 14 heavy (non-hydrogen) atoms. The van der Waals surface area contributed by atoms with Gasteiger partial charge in [0.2, 0.25) is 0 Å². The van der Waals surface area contributed by atoms with E-state index in [9.17, 15) is 0 Å². The first-order valence-electron chi connectivity index (χ1n) is 4.85. The summed E-state index contributed by atoms with van der Waals surface area (Å²) in [5.41, 5.74) is 0. The van der Waals surface area contributed by atoms with Crippen LogP contribution in [0.4, 0.5) is 0 Å². The summed E-state index contributed by atoms with van der Waals surface area (Å²) in [7, 11) is 0. The van der Waals surface area contributed by atoms with Crippen LogP contribution in [0.1, 0.15) is 25.7 Å². The summed E-state index contributed by atoms with van der Waals surface area (Å²) in [6.45, 7) is 0. The summed E-state index contributed by atoms with van der Waals surface area (Å²) in [5.74, 6) is 0.893. The van der Waals surface area contributed by atoms with Gasteiger partial charge in [-0.2, -0.15) is 18.2 Å². The van der Waals surface area contributed by atoms with Gasteiger partial charge in [0.05, 0.1) is 6.10 Å². The van der Waals surface area contributed by atoms with Crippen LogP contribution in [0.15, 0.2) is 24.3 Å². The van der Waals surface area contributed by atoms with Crippen molar-refractivity contribution in [3.63, 3.8) is 0 Å². The number of halogens is 1. The van der Waals surface area contributed by atoms with Crippen molar-refractivity contribution in [3.8, 4) is 5.75 Å². The predicted molar refractivity (Wildman–Crippen MR) is 57.1 cm³/mol. The van der Waals surface area contributed by atoms with Gasteiger partial charge in [-0.25, -0.2) is 0 Å². The van der Waals surface area contributed by atoms with Crippen molar-refractivity contribution in [3.05, 3.63) is 30.3 Å². The van der Waals surface area contributed by atoms with Crippen LogP contribution in [0.2, 0.25) is 0 Å². The van der Waals surface area contributed by atoms with Gasteiger partial charge in [0.1, 0.15) is 0 Å². The van der Waals surface area contributed by atoms with E-state index in [0.29, 0.717) is 6.10 Å². The summed E-state index contributed by atoms with van der Waals surface area (Å²) in [6, 6.07) is 10.9. The van der Waals surface area contributed by atoms with Crippen molar-refractivity contribution in [2.75, 3.05) is 0 Å². The SMILES string of the molecule is [Zn+][Br].[c-]1ccccc1OC1CCCC1. The quantitative estimate of drug-likeness (QED) is 0.598. The van der Waals surface area contributed by atoms with Gasteiger partial charge in [-0.3, -0.25) is 0 Å². The number of benzene rings is 1. The maximum atomic E-state index is 5.72. The Labute approximate surface area is 102 Å². The first-order valence-corrected chi connectivity index (χ1v) is 11.8. The molecule has 0 amide bonds. The second kappa shape index (κ2) is 7.42. The van der Waals surface area contributed by atoms with Crippen LogP contribution < -0.4 is 4.74 Å². The molecule has 3 heteroatoms. The van der Waals surface area contributed by atoms with Gasteiger partial charge < -0.3 is 4.74 Å². The summed E-state index contributed by atoms with van der Waals surface area (Å²) in [5, 5.41) is 0. The van der Waals surface area contributed by atoms with E-state index in [2.05, 4.69) is 19.7 Å². The van der Waals surface area contributed by atoms with E-state index in [1.54, 1.807) is 0 Å². The molecule has 1 aliphatic rings. The van der Waals surface area contributed by atoms with Crippen molar-refractivity contribution >= 4 is 13.6 Å². The Hall–Kier alpha value is 0.123. The molecular formula is C11H13BrOZn. The zero-order valence-corrected chi connectivity index (χ0v) is 12.8. The molecule has 1 fully saturated rings. The molecule has 72 valence electrons. The van der Waals surface area contributed by atoms with E-state index < -0.39 is 0 Å². The molecule has 0 unspecified atom stereocenters. The van der Waals surface area contributed by atoms with Crippen LogP contribution in [-0.2, 0) is 16.3 Å². The first kappa shape index (κ1) is 12.2. The Bertz CT molecular complexity index is 234.